The van der Waals surface area contributed by atoms with Gasteiger partial charge in [-0.3, -0.25) is 0 Å². The lowest BCUT2D eigenvalue weighted by atomic mass is 10.1. The van der Waals surface area contributed by atoms with Crippen molar-refractivity contribution in [2.24, 2.45) is 4.99 Å². The van der Waals surface area contributed by atoms with Gasteiger partial charge in [-0.2, -0.15) is 11.8 Å². The fraction of sp³-hybridized carbons (Fsp3) is 0.632. The van der Waals surface area contributed by atoms with E-state index in [9.17, 15) is 0 Å². The molecule has 0 aliphatic rings. The van der Waals surface area contributed by atoms with Crippen molar-refractivity contribution in [3.05, 3.63) is 29.3 Å². The monoisotopic (exact) mass is 367 g/mol. The van der Waals surface area contributed by atoms with Gasteiger partial charge in [-0.05, 0) is 31.7 Å². The Morgan fingerprint density at radius 3 is 2.76 bits per heavy atom. The van der Waals surface area contributed by atoms with Gasteiger partial charge >= 0.3 is 0 Å². The largest absolute Gasteiger partial charge is 0.493 e. The van der Waals surface area contributed by atoms with Crippen LogP contribution in [0.1, 0.15) is 31.4 Å². The number of nitrogens with zero attached hydrogens (tertiary/aromatic N) is 1. The van der Waals surface area contributed by atoms with Crippen molar-refractivity contribution in [1.82, 2.24) is 10.6 Å². The van der Waals surface area contributed by atoms with Crippen LogP contribution >= 0.6 is 11.8 Å². The van der Waals surface area contributed by atoms with Crippen molar-refractivity contribution in [2.75, 3.05) is 39.7 Å². The van der Waals surface area contributed by atoms with Gasteiger partial charge in [-0.15, -0.1) is 0 Å². The zero-order valence-corrected chi connectivity index (χ0v) is 17.0. The van der Waals surface area contributed by atoms with E-state index in [0.717, 1.165) is 36.8 Å². The SMILES string of the molecule is CCNC(=NCc1ccc(C)cc1OCCCOC)NCC(C)SC. The van der Waals surface area contributed by atoms with Gasteiger partial charge < -0.3 is 20.1 Å². The Morgan fingerprint density at radius 2 is 2.08 bits per heavy atom. The van der Waals surface area contributed by atoms with Crippen LogP contribution in [0.3, 0.4) is 0 Å². The van der Waals surface area contributed by atoms with E-state index in [2.05, 4.69) is 55.9 Å². The molecule has 0 saturated carbocycles. The summed E-state index contributed by atoms with van der Waals surface area (Å²) in [6.07, 6.45) is 3.00. The third-order valence-corrected chi connectivity index (χ3v) is 4.66. The van der Waals surface area contributed by atoms with Crippen LogP contribution in [0.25, 0.3) is 0 Å². The summed E-state index contributed by atoms with van der Waals surface area (Å²) >= 11 is 1.84. The van der Waals surface area contributed by atoms with Gasteiger partial charge in [-0.1, -0.05) is 19.1 Å². The molecular weight excluding hydrogens is 334 g/mol. The molecule has 0 aliphatic carbocycles. The third kappa shape index (κ3) is 9.02. The minimum Gasteiger partial charge on any atom is -0.493 e. The van der Waals surface area contributed by atoms with E-state index in [4.69, 9.17) is 14.5 Å². The number of hydrogen-bond donors (Lipinski definition) is 2. The van der Waals surface area contributed by atoms with Crippen molar-refractivity contribution in [3.63, 3.8) is 0 Å². The standard InChI is InChI=1S/C19H33N3O2S/c1-6-20-19(21-13-16(3)25-5)22-14-17-9-8-15(2)12-18(17)24-11-7-10-23-4/h8-9,12,16H,6-7,10-11,13-14H2,1-5H3,(H2,20,21,22). The second-order valence-corrected chi connectivity index (χ2v) is 7.20. The number of guanidine groups is 1. The summed E-state index contributed by atoms with van der Waals surface area (Å²) in [4.78, 5) is 4.71. The maximum Gasteiger partial charge on any atom is 0.191 e. The molecule has 0 amide bonds. The van der Waals surface area contributed by atoms with Crippen molar-refractivity contribution in [1.29, 1.82) is 0 Å². The smallest absolute Gasteiger partial charge is 0.191 e. The number of ether oxygens (including phenoxy) is 2. The van der Waals surface area contributed by atoms with Crippen LogP contribution in [0.4, 0.5) is 0 Å². The third-order valence-electron chi connectivity index (χ3n) is 3.68. The highest BCUT2D eigenvalue weighted by Crippen LogP contribution is 2.21. The Balaban J connectivity index is 2.73. The molecule has 0 spiro atoms. The Morgan fingerprint density at radius 1 is 1.28 bits per heavy atom. The van der Waals surface area contributed by atoms with Gasteiger partial charge in [0.2, 0.25) is 0 Å². The summed E-state index contributed by atoms with van der Waals surface area (Å²) in [5.41, 5.74) is 2.28. The first-order valence-corrected chi connectivity index (χ1v) is 10.2. The molecule has 142 valence electrons. The molecule has 0 saturated heterocycles. The second-order valence-electron chi connectivity index (χ2n) is 5.93. The zero-order valence-electron chi connectivity index (χ0n) is 16.2. The van der Waals surface area contributed by atoms with Crippen molar-refractivity contribution in [3.8, 4) is 5.75 Å². The maximum atomic E-state index is 5.93. The summed E-state index contributed by atoms with van der Waals surface area (Å²) in [5.74, 6) is 1.75. The van der Waals surface area contributed by atoms with Crippen LogP contribution < -0.4 is 15.4 Å². The Kier molecular flexibility index (Phi) is 11.2. The van der Waals surface area contributed by atoms with Gasteiger partial charge in [0.25, 0.3) is 0 Å². The number of benzene rings is 1. The van der Waals surface area contributed by atoms with E-state index >= 15 is 0 Å². The number of rotatable bonds is 11. The Bertz CT molecular complexity index is 523. The normalized spacial score (nSPS) is 12.8. The minimum absolute atomic E-state index is 0.544. The fourth-order valence-corrected chi connectivity index (χ4v) is 2.39. The summed E-state index contributed by atoms with van der Waals surface area (Å²) < 4.78 is 11.0. The molecule has 1 atom stereocenters. The molecule has 0 heterocycles. The molecule has 1 unspecified atom stereocenters. The number of nitrogens with one attached hydrogen (secondary N) is 2. The summed E-state index contributed by atoms with van der Waals surface area (Å²) in [6.45, 7) is 10.0. The van der Waals surface area contributed by atoms with Crippen LogP contribution in [0.15, 0.2) is 23.2 Å². The van der Waals surface area contributed by atoms with Crippen LogP contribution in [0.5, 0.6) is 5.75 Å². The second kappa shape index (κ2) is 12.9. The molecule has 0 radical (unpaired) electrons. The van der Waals surface area contributed by atoms with E-state index in [-0.39, 0.29) is 0 Å². The average molecular weight is 368 g/mol. The first-order valence-electron chi connectivity index (χ1n) is 8.86. The molecule has 5 nitrogen and oxygen atoms in total. The molecule has 0 bridgehead atoms. The van der Waals surface area contributed by atoms with E-state index in [0.29, 0.717) is 25.0 Å². The van der Waals surface area contributed by atoms with Crippen LogP contribution in [0.2, 0.25) is 0 Å². The first-order chi connectivity index (χ1) is 12.1. The number of hydrogen-bond acceptors (Lipinski definition) is 4. The fourth-order valence-electron chi connectivity index (χ4n) is 2.14. The molecule has 25 heavy (non-hydrogen) atoms. The van der Waals surface area contributed by atoms with Crippen molar-refractivity contribution >= 4 is 17.7 Å². The molecule has 0 aromatic heterocycles. The Labute approximate surface area is 157 Å². The van der Waals surface area contributed by atoms with Crippen molar-refractivity contribution in [2.45, 2.75) is 39.0 Å². The van der Waals surface area contributed by atoms with Crippen molar-refractivity contribution < 1.29 is 9.47 Å². The number of aliphatic imine (C=N–C) groups is 1. The van der Waals surface area contributed by atoms with Gasteiger partial charge in [0, 0.05) is 44.0 Å². The summed E-state index contributed by atoms with van der Waals surface area (Å²) in [7, 11) is 1.71. The zero-order chi connectivity index (χ0) is 18.5. The molecule has 6 heteroatoms. The average Bonchev–Trinajstić information content (AvgIpc) is 2.61. The van der Waals surface area contributed by atoms with Crippen LogP contribution in [0, 0.1) is 6.92 Å². The number of thioether (sulfide) groups is 1. The number of aryl methyl sites for hydroxylation is 1. The highest BCUT2D eigenvalue weighted by atomic mass is 32.2. The maximum absolute atomic E-state index is 5.93. The highest BCUT2D eigenvalue weighted by Gasteiger charge is 2.06. The predicted octanol–water partition coefficient (Wildman–Crippen LogP) is 3.22. The molecule has 1 aromatic carbocycles. The minimum atomic E-state index is 0.544. The summed E-state index contributed by atoms with van der Waals surface area (Å²) in [5, 5.41) is 7.23. The topological polar surface area (TPSA) is 54.9 Å². The molecular formula is C19H33N3O2S. The first kappa shape index (κ1) is 21.6. The van der Waals surface area contributed by atoms with Gasteiger partial charge in [0.1, 0.15) is 5.75 Å². The van der Waals surface area contributed by atoms with E-state index in [1.807, 2.05) is 11.8 Å². The van der Waals surface area contributed by atoms with Crippen LogP contribution in [-0.2, 0) is 11.3 Å². The van der Waals surface area contributed by atoms with E-state index in [1.165, 1.54) is 5.56 Å². The van der Waals surface area contributed by atoms with Gasteiger partial charge in [0.05, 0.1) is 13.2 Å². The lowest BCUT2D eigenvalue weighted by molar-refractivity contribution is 0.172. The van der Waals surface area contributed by atoms with Crippen LogP contribution in [-0.4, -0.2) is 50.9 Å². The lowest BCUT2D eigenvalue weighted by Crippen LogP contribution is -2.40. The Hall–Kier alpha value is -1.40. The molecule has 0 aliphatic heterocycles. The summed E-state index contributed by atoms with van der Waals surface area (Å²) in [6, 6.07) is 6.27. The van der Waals surface area contributed by atoms with Gasteiger partial charge in [-0.25, -0.2) is 4.99 Å². The highest BCUT2D eigenvalue weighted by molar-refractivity contribution is 7.99. The quantitative estimate of drug-likeness (QED) is 0.357. The lowest BCUT2D eigenvalue weighted by Gasteiger charge is -2.15. The molecule has 0 fully saturated rings. The molecule has 1 rings (SSSR count). The number of methoxy groups -OCH3 is 1. The molecule has 1 aromatic rings. The molecule has 2 N–H and O–H groups in total. The predicted molar refractivity (Wildman–Crippen MR) is 109 cm³/mol. The van der Waals surface area contributed by atoms with E-state index < -0.39 is 0 Å². The van der Waals surface area contributed by atoms with E-state index in [1.54, 1.807) is 7.11 Å². The van der Waals surface area contributed by atoms with Gasteiger partial charge in [0.15, 0.2) is 5.96 Å².